The Bertz CT molecular complexity index is 533. The molecule has 2 aliphatic heterocycles. The van der Waals surface area contributed by atoms with E-state index >= 15 is 0 Å². The first-order chi connectivity index (χ1) is 10.8. The lowest BCUT2D eigenvalue weighted by Gasteiger charge is -2.39. The standard InChI is InChI=1S/C18H24N2O2/c21-17-18(8-9-18)22-16(12-19-17)15-6-10-20(11-7-15)13-14-4-2-1-3-5-14/h1-5,15-16H,6-13H2,(H,19,21). The Labute approximate surface area is 131 Å². The Morgan fingerprint density at radius 3 is 2.59 bits per heavy atom. The average Bonchev–Trinajstić information content (AvgIpc) is 3.33. The minimum absolute atomic E-state index is 0.116. The van der Waals surface area contributed by atoms with E-state index in [0.717, 1.165) is 32.5 Å². The number of likely N-dealkylation sites (tertiary alicyclic amines) is 1. The summed E-state index contributed by atoms with van der Waals surface area (Å²) in [5.41, 5.74) is 0.948. The van der Waals surface area contributed by atoms with Gasteiger partial charge < -0.3 is 10.1 Å². The first-order valence-electron chi connectivity index (χ1n) is 8.48. The number of piperidine rings is 1. The summed E-state index contributed by atoms with van der Waals surface area (Å²) in [6.07, 6.45) is 4.37. The quantitative estimate of drug-likeness (QED) is 0.927. The lowest BCUT2D eigenvalue weighted by molar-refractivity contribution is -0.155. The summed E-state index contributed by atoms with van der Waals surface area (Å²) >= 11 is 0. The molecule has 1 aromatic rings. The number of hydrogen-bond donors (Lipinski definition) is 1. The second kappa shape index (κ2) is 5.67. The van der Waals surface area contributed by atoms with Crippen LogP contribution in [0.1, 0.15) is 31.2 Å². The van der Waals surface area contributed by atoms with Gasteiger partial charge in [0, 0.05) is 13.1 Å². The van der Waals surface area contributed by atoms with Crippen LogP contribution in [-0.4, -0.2) is 42.1 Å². The monoisotopic (exact) mass is 300 g/mol. The van der Waals surface area contributed by atoms with Crippen LogP contribution in [0.15, 0.2) is 30.3 Å². The molecule has 1 N–H and O–H groups in total. The molecule has 0 bridgehead atoms. The van der Waals surface area contributed by atoms with E-state index in [-0.39, 0.29) is 12.0 Å². The van der Waals surface area contributed by atoms with Crippen LogP contribution in [0.5, 0.6) is 0 Å². The molecule has 2 heterocycles. The van der Waals surface area contributed by atoms with E-state index in [4.69, 9.17) is 4.74 Å². The van der Waals surface area contributed by atoms with Crippen molar-refractivity contribution in [2.24, 2.45) is 5.92 Å². The lowest BCUT2D eigenvalue weighted by Crippen LogP contribution is -2.54. The van der Waals surface area contributed by atoms with Gasteiger partial charge in [-0.2, -0.15) is 0 Å². The lowest BCUT2D eigenvalue weighted by atomic mass is 9.89. The third-order valence-electron chi connectivity index (χ3n) is 5.37. The first-order valence-corrected chi connectivity index (χ1v) is 8.48. The molecule has 1 spiro atoms. The summed E-state index contributed by atoms with van der Waals surface area (Å²) in [5.74, 6) is 0.704. The highest BCUT2D eigenvalue weighted by molar-refractivity contribution is 5.88. The third-order valence-corrected chi connectivity index (χ3v) is 5.37. The van der Waals surface area contributed by atoms with Gasteiger partial charge in [0.25, 0.3) is 5.91 Å². The number of carbonyl (C=O) groups is 1. The van der Waals surface area contributed by atoms with Crippen molar-refractivity contribution >= 4 is 5.91 Å². The van der Waals surface area contributed by atoms with Crippen molar-refractivity contribution in [2.45, 2.75) is 43.9 Å². The number of rotatable bonds is 3. The zero-order chi connectivity index (χ0) is 15.0. The molecule has 1 atom stereocenters. The van der Waals surface area contributed by atoms with Crippen LogP contribution < -0.4 is 5.32 Å². The molecule has 1 unspecified atom stereocenters. The predicted octanol–water partition coefficient (Wildman–Crippen LogP) is 1.95. The van der Waals surface area contributed by atoms with Gasteiger partial charge in [0.15, 0.2) is 0 Å². The van der Waals surface area contributed by atoms with Crippen LogP contribution in [-0.2, 0) is 16.1 Å². The molecule has 4 rings (SSSR count). The smallest absolute Gasteiger partial charge is 0.252 e. The number of morpholine rings is 1. The summed E-state index contributed by atoms with van der Waals surface area (Å²) in [6, 6.07) is 10.7. The predicted molar refractivity (Wildman–Crippen MR) is 84.3 cm³/mol. The summed E-state index contributed by atoms with van der Waals surface area (Å²) in [7, 11) is 0. The maximum atomic E-state index is 11.8. The molecule has 2 saturated heterocycles. The maximum Gasteiger partial charge on any atom is 0.252 e. The van der Waals surface area contributed by atoms with Gasteiger partial charge in [0.1, 0.15) is 5.60 Å². The summed E-state index contributed by atoms with van der Waals surface area (Å²) in [4.78, 5) is 14.3. The highest BCUT2D eigenvalue weighted by Crippen LogP contribution is 2.44. The molecule has 1 saturated carbocycles. The molecule has 22 heavy (non-hydrogen) atoms. The molecule has 4 heteroatoms. The van der Waals surface area contributed by atoms with Crippen molar-refractivity contribution in [3.05, 3.63) is 35.9 Å². The van der Waals surface area contributed by atoms with Crippen LogP contribution in [0.25, 0.3) is 0 Å². The van der Waals surface area contributed by atoms with Crippen LogP contribution >= 0.6 is 0 Å². The van der Waals surface area contributed by atoms with Crippen LogP contribution in [0.3, 0.4) is 0 Å². The van der Waals surface area contributed by atoms with Gasteiger partial charge in [-0.3, -0.25) is 9.69 Å². The van der Waals surface area contributed by atoms with E-state index in [1.807, 2.05) is 0 Å². The largest absolute Gasteiger partial charge is 0.360 e. The molecule has 118 valence electrons. The molecule has 0 radical (unpaired) electrons. The Hall–Kier alpha value is -1.39. The first kappa shape index (κ1) is 14.2. The van der Waals surface area contributed by atoms with Gasteiger partial charge in [-0.25, -0.2) is 0 Å². The normalized spacial score (nSPS) is 28.5. The highest BCUT2D eigenvalue weighted by Gasteiger charge is 2.55. The van der Waals surface area contributed by atoms with Gasteiger partial charge in [0.05, 0.1) is 6.10 Å². The number of benzene rings is 1. The molecular weight excluding hydrogens is 276 g/mol. The molecular formula is C18H24N2O2. The van der Waals surface area contributed by atoms with Crippen LogP contribution in [0, 0.1) is 5.92 Å². The number of ether oxygens (including phenoxy) is 1. The molecule has 1 aliphatic carbocycles. The fraction of sp³-hybridized carbons (Fsp3) is 0.611. The van der Waals surface area contributed by atoms with Crippen molar-refractivity contribution in [1.29, 1.82) is 0 Å². The Balaban J connectivity index is 1.30. The number of amides is 1. The number of hydrogen-bond acceptors (Lipinski definition) is 3. The molecule has 0 aromatic heterocycles. The fourth-order valence-electron chi connectivity index (χ4n) is 3.79. The van der Waals surface area contributed by atoms with Gasteiger partial charge in [-0.1, -0.05) is 30.3 Å². The van der Waals surface area contributed by atoms with E-state index in [0.29, 0.717) is 12.5 Å². The molecule has 3 aliphatic rings. The van der Waals surface area contributed by atoms with Crippen molar-refractivity contribution in [1.82, 2.24) is 10.2 Å². The van der Waals surface area contributed by atoms with E-state index < -0.39 is 5.60 Å². The van der Waals surface area contributed by atoms with Gasteiger partial charge >= 0.3 is 0 Å². The Kier molecular flexibility index (Phi) is 3.66. The van der Waals surface area contributed by atoms with E-state index in [9.17, 15) is 4.79 Å². The van der Waals surface area contributed by atoms with Crippen LogP contribution in [0.2, 0.25) is 0 Å². The minimum Gasteiger partial charge on any atom is -0.360 e. The minimum atomic E-state index is -0.440. The van der Waals surface area contributed by atoms with Crippen molar-refractivity contribution < 1.29 is 9.53 Å². The Morgan fingerprint density at radius 2 is 1.91 bits per heavy atom. The topological polar surface area (TPSA) is 41.6 Å². The summed E-state index contributed by atoms with van der Waals surface area (Å²) < 4.78 is 6.16. The third kappa shape index (κ3) is 2.77. The van der Waals surface area contributed by atoms with E-state index in [1.165, 1.54) is 18.4 Å². The zero-order valence-corrected chi connectivity index (χ0v) is 13.0. The van der Waals surface area contributed by atoms with Crippen LogP contribution in [0.4, 0.5) is 0 Å². The summed E-state index contributed by atoms with van der Waals surface area (Å²) in [5, 5.41) is 3.06. The van der Waals surface area contributed by atoms with Crippen molar-refractivity contribution in [3.8, 4) is 0 Å². The molecule has 1 amide bonds. The zero-order valence-electron chi connectivity index (χ0n) is 13.0. The Morgan fingerprint density at radius 1 is 1.18 bits per heavy atom. The van der Waals surface area contributed by atoms with Gasteiger partial charge in [-0.05, 0) is 50.3 Å². The number of nitrogens with one attached hydrogen (secondary N) is 1. The van der Waals surface area contributed by atoms with E-state index in [1.54, 1.807) is 0 Å². The fourth-order valence-corrected chi connectivity index (χ4v) is 3.79. The maximum absolute atomic E-state index is 11.8. The number of nitrogens with zero attached hydrogens (tertiary/aromatic N) is 1. The molecule has 3 fully saturated rings. The van der Waals surface area contributed by atoms with Crippen molar-refractivity contribution in [2.75, 3.05) is 19.6 Å². The molecule has 4 nitrogen and oxygen atoms in total. The molecule has 1 aromatic carbocycles. The van der Waals surface area contributed by atoms with Gasteiger partial charge in [0.2, 0.25) is 0 Å². The second-order valence-corrected chi connectivity index (χ2v) is 6.96. The van der Waals surface area contributed by atoms with E-state index in [2.05, 4.69) is 40.5 Å². The van der Waals surface area contributed by atoms with Gasteiger partial charge in [-0.15, -0.1) is 0 Å². The average molecular weight is 300 g/mol. The second-order valence-electron chi connectivity index (χ2n) is 6.96. The SMILES string of the molecule is O=C1NCC(C2CCN(Cc3ccccc3)CC2)OC12CC2. The summed E-state index contributed by atoms with van der Waals surface area (Å²) in [6.45, 7) is 3.99. The highest BCUT2D eigenvalue weighted by atomic mass is 16.5. The van der Waals surface area contributed by atoms with Crippen molar-refractivity contribution in [3.63, 3.8) is 0 Å². The number of carbonyl (C=O) groups excluding carboxylic acids is 1.